The van der Waals surface area contributed by atoms with Gasteiger partial charge < -0.3 is 0 Å². The normalized spacial score (nSPS) is 27.9. The van der Waals surface area contributed by atoms with Gasteiger partial charge in [-0.25, -0.2) is 0 Å². The second-order valence-corrected chi connectivity index (χ2v) is 5.60. The smallest absolute Gasteiger partial charge is 0.147 e. The average Bonchev–Trinajstić information content (AvgIpc) is 2.62. The lowest BCUT2D eigenvalue weighted by atomic mass is 9.70. The van der Waals surface area contributed by atoms with Crippen LogP contribution in [-0.2, 0) is 4.79 Å². The zero-order valence-corrected chi connectivity index (χ0v) is 9.93. The molecule has 3 aliphatic carbocycles. The van der Waals surface area contributed by atoms with E-state index in [1.165, 1.54) is 74.4 Å². The minimum Gasteiger partial charge on any atom is -0.298 e. The van der Waals surface area contributed by atoms with Crippen molar-refractivity contribution in [3.63, 3.8) is 0 Å². The molecule has 1 nitrogen and oxygen atoms in total. The van der Waals surface area contributed by atoms with Crippen molar-refractivity contribution in [1.29, 1.82) is 0 Å². The molecule has 0 N–H and O–H groups in total. The van der Waals surface area contributed by atoms with Crippen molar-refractivity contribution < 1.29 is 4.79 Å². The highest BCUT2D eigenvalue weighted by atomic mass is 16.1. The predicted molar refractivity (Wildman–Crippen MR) is 65.2 cm³/mol. The maximum atomic E-state index is 11.4. The lowest BCUT2D eigenvalue weighted by Crippen LogP contribution is -2.23. The number of aldehydes is 1. The van der Waals surface area contributed by atoms with Crippen molar-refractivity contribution in [3.8, 4) is 0 Å². The Labute approximate surface area is 97.6 Å². The quantitative estimate of drug-likeness (QED) is 0.607. The molecule has 86 valence electrons. The molecule has 0 heterocycles. The number of hydrogen-bond donors (Lipinski definition) is 0. The van der Waals surface area contributed by atoms with E-state index in [-0.39, 0.29) is 5.41 Å². The monoisotopic (exact) mass is 216 g/mol. The maximum absolute atomic E-state index is 11.4. The summed E-state index contributed by atoms with van der Waals surface area (Å²) in [6, 6.07) is 0. The summed E-state index contributed by atoms with van der Waals surface area (Å²) in [5, 5.41) is 0. The number of carbonyl (C=O) groups is 1. The van der Waals surface area contributed by atoms with Crippen LogP contribution in [0.3, 0.4) is 0 Å². The van der Waals surface area contributed by atoms with Crippen molar-refractivity contribution in [2.24, 2.45) is 5.41 Å². The Balaban J connectivity index is 2.03. The van der Waals surface area contributed by atoms with Gasteiger partial charge in [0.1, 0.15) is 6.29 Å². The lowest BCUT2D eigenvalue weighted by molar-refractivity contribution is -0.105. The highest BCUT2D eigenvalue weighted by Gasteiger charge is 2.40. The highest BCUT2D eigenvalue weighted by Crippen LogP contribution is 2.52. The zero-order valence-electron chi connectivity index (χ0n) is 9.93. The van der Waals surface area contributed by atoms with E-state index in [0.29, 0.717) is 0 Å². The Bertz CT molecular complexity index is 367. The molecule has 3 rings (SSSR count). The van der Waals surface area contributed by atoms with Crippen LogP contribution in [0.5, 0.6) is 0 Å². The molecule has 0 atom stereocenters. The first kappa shape index (κ1) is 10.3. The first-order valence-electron chi connectivity index (χ1n) is 6.77. The largest absolute Gasteiger partial charge is 0.298 e. The Morgan fingerprint density at radius 1 is 1.00 bits per heavy atom. The molecule has 1 spiro atoms. The van der Waals surface area contributed by atoms with Gasteiger partial charge in [0.2, 0.25) is 0 Å². The summed E-state index contributed by atoms with van der Waals surface area (Å²) in [7, 11) is 0. The minimum absolute atomic E-state index is 0.176. The van der Waals surface area contributed by atoms with Gasteiger partial charge in [0, 0.05) is 11.0 Å². The van der Waals surface area contributed by atoms with Crippen LogP contribution in [-0.4, -0.2) is 6.29 Å². The molecule has 2 saturated carbocycles. The van der Waals surface area contributed by atoms with Crippen molar-refractivity contribution in [1.82, 2.24) is 0 Å². The topological polar surface area (TPSA) is 17.1 Å². The van der Waals surface area contributed by atoms with E-state index in [2.05, 4.69) is 6.08 Å². The number of rotatable bonds is 1. The highest BCUT2D eigenvalue weighted by molar-refractivity contribution is 5.82. The van der Waals surface area contributed by atoms with E-state index in [1.807, 2.05) is 0 Å². The Kier molecular flexibility index (Phi) is 2.49. The van der Waals surface area contributed by atoms with Crippen molar-refractivity contribution >= 4 is 6.29 Å². The van der Waals surface area contributed by atoms with Crippen LogP contribution in [0.2, 0.25) is 0 Å². The summed E-state index contributed by atoms with van der Waals surface area (Å²) in [6.07, 6.45) is 15.0. The van der Waals surface area contributed by atoms with Gasteiger partial charge in [-0.2, -0.15) is 0 Å². The fourth-order valence-corrected chi connectivity index (χ4v) is 3.89. The standard InChI is InChI=1S/C15H20O/c16-11-14-13-7-3-2-6-12(13)10-15(14)8-4-1-5-9-15/h10-11H,1-9H2. The van der Waals surface area contributed by atoms with Crippen molar-refractivity contribution in [2.45, 2.75) is 57.8 Å². The first-order valence-corrected chi connectivity index (χ1v) is 6.77. The molecular weight excluding hydrogens is 196 g/mol. The van der Waals surface area contributed by atoms with Gasteiger partial charge in [-0.15, -0.1) is 0 Å². The van der Waals surface area contributed by atoms with Crippen LogP contribution in [0.25, 0.3) is 0 Å². The summed E-state index contributed by atoms with van der Waals surface area (Å²) in [6.45, 7) is 0. The van der Waals surface area contributed by atoms with Crippen LogP contribution in [0.1, 0.15) is 57.8 Å². The van der Waals surface area contributed by atoms with E-state index in [4.69, 9.17) is 0 Å². The Morgan fingerprint density at radius 3 is 2.50 bits per heavy atom. The van der Waals surface area contributed by atoms with Gasteiger partial charge in [0.05, 0.1) is 0 Å². The molecule has 0 amide bonds. The summed E-state index contributed by atoms with van der Waals surface area (Å²) < 4.78 is 0. The van der Waals surface area contributed by atoms with Gasteiger partial charge >= 0.3 is 0 Å². The van der Waals surface area contributed by atoms with Crippen LogP contribution in [0.4, 0.5) is 0 Å². The number of hydrogen-bond acceptors (Lipinski definition) is 1. The van der Waals surface area contributed by atoms with Gasteiger partial charge in [0.25, 0.3) is 0 Å². The Morgan fingerprint density at radius 2 is 1.75 bits per heavy atom. The Hall–Kier alpha value is -0.850. The van der Waals surface area contributed by atoms with Crippen LogP contribution >= 0.6 is 0 Å². The van der Waals surface area contributed by atoms with Crippen LogP contribution in [0, 0.1) is 5.41 Å². The molecule has 1 heteroatoms. The summed E-state index contributed by atoms with van der Waals surface area (Å²) in [5.41, 5.74) is 4.30. The van der Waals surface area contributed by atoms with E-state index in [1.54, 1.807) is 0 Å². The van der Waals surface area contributed by atoms with Gasteiger partial charge in [-0.05, 0) is 49.7 Å². The molecule has 0 bridgehead atoms. The lowest BCUT2D eigenvalue weighted by Gasteiger charge is -2.33. The molecular formula is C15H20O. The molecule has 0 radical (unpaired) electrons. The van der Waals surface area contributed by atoms with Gasteiger partial charge in [-0.3, -0.25) is 4.79 Å². The molecule has 0 unspecified atom stereocenters. The van der Waals surface area contributed by atoms with E-state index >= 15 is 0 Å². The molecule has 0 saturated heterocycles. The van der Waals surface area contributed by atoms with E-state index < -0.39 is 0 Å². The second-order valence-electron chi connectivity index (χ2n) is 5.60. The summed E-state index contributed by atoms with van der Waals surface area (Å²) >= 11 is 0. The average molecular weight is 216 g/mol. The zero-order chi connectivity index (χ0) is 11.0. The van der Waals surface area contributed by atoms with Gasteiger partial charge in [-0.1, -0.05) is 25.3 Å². The SMILES string of the molecule is O=CC1=C2CCCCC2=CC12CCCCC2. The summed E-state index contributed by atoms with van der Waals surface area (Å²) in [4.78, 5) is 11.4. The van der Waals surface area contributed by atoms with Crippen molar-refractivity contribution in [3.05, 3.63) is 22.8 Å². The molecule has 2 fully saturated rings. The minimum atomic E-state index is 0.176. The van der Waals surface area contributed by atoms with Crippen molar-refractivity contribution in [2.75, 3.05) is 0 Å². The first-order chi connectivity index (χ1) is 7.86. The van der Waals surface area contributed by atoms with E-state index in [9.17, 15) is 4.79 Å². The molecule has 0 aromatic rings. The molecule has 0 aliphatic heterocycles. The third-order valence-electron chi connectivity index (χ3n) is 4.69. The van der Waals surface area contributed by atoms with Crippen LogP contribution < -0.4 is 0 Å². The number of allylic oxidation sites excluding steroid dienone is 4. The maximum Gasteiger partial charge on any atom is 0.147 e. The number of carbonyl (C=O) groups excluding carboxylic acids is 1. The molecule has 0 aromatic carbocycles. The molecule has 16 heavy (non-hydrogen) atoms. The molecule has 0 aromatic heterocycles. The summed E-state index contributed by atoms with van der Waals surface area (Å²) in [5.74, 6) is 0. The fraction of sp³-hybridized carbons (Fsp3) is 0.667. The third kappa shape index (κ3) is 1.41. The number of fused-ring (bicyclic) bond motifs is 1. The molecule has 3 aliphatic rings. The van der Waals surface area contributed by atoms with E-state index in [0.717, 1.165) is 6.42 Å². The van der Waals surface area contributed by atoms with Crippen LogP contribution in [0.15, 0.2) is 22.8 Å². The third-order valence-corrected chi connectivity index (χ3v) is 4.69. The van der Waals surface area contributed by atoms with Gasteiger partial charge in [0.15, 0.2) is 0 Å². The predicted octanol–water partition coefficient (Wildman–Crippen LogP) is 3.95. The fourth-order valence-electron chi connectivity index (χ4n) is 3.89. The second kappa shape index (κ2) is 3.87.